The molecule has 2 heterocycles. The molecule has 0 atom stereocenters. The summed E-state index contributed by atoms with van der Waals surface area (Å²) in [5.74, 6) is -0.0663. The third-order valence-corrected chi connectivity index (χ3v) is 2.79. The topological polar surface area (TPSA) is 65.0 Å². The number of carbonyl (C=O) groups excluding carboxylic acids is 1. The van der Waals surface area contributed by atoms with Crippen molar-refractivity contribution in [3.05, 3.63) is 40.9 Å². The maximum atomic E-state index is 11.6. The van der Waals surface area contributed by atoms with Gasteiger partial charge in [-0.05, 0) is 25.5 Å². The number of hydrogen-bond donors (Lipinski definition) is 0. The van der Waals surface area contributed by atoms with Gasteiger partial charge >= 0.3 is 5.97 Å². The van der Waals surface area contributed by atoms with E-state index in [-0.39, 0.29) is 17.3 Å². The first-order chi connectivity index (χ1) is 9.13. The molecule has 6 heteroatoms. The fourth-order valence-corrected chi connectivity index (χ4v) is 1.77. The average molecular weight is 278 g/mol. The molecule has 98 valence electrons. The molecule has 0 aliphatic heterocycles. The van der Waals surface area contributed by atoms with Gasteiger partial charge in [0.25, 0.3) is 0 Å². The predicted octanol–water partition coefficient (Wildman–Crippen LogP) is 2.68. The van der Waals surface area contributed by atoms with Crippen LogP contribution in [0.2, 0.25) is 5.15 Å². The van der Waals surface area contributed by atoms with Crippen LogP contribution >= 0.6 is 11.6 Å². The molecule has 0 aliphatic rings. The van der Waals surface area contributed by atoms with E-state index in [1.807, 2.05) is 6.92 Å². The summed E-state index contributed by atoms with van der Waals surface area (Å²) < 4.78 is 4.86. The van der Waals surface area contributed by atoms with Crippen molar-refractivity contribution in [2.45, 2.75) is 13.8 Å². The third kappa shape index (κ3) is 2.88. The summed E-state index contributed by atoms with van der Waals surface area (Å²) in [6, 6.07) is 1.80. The molecule has 2 aromatic heterocycles. The van der Waals surface area contributed by atoms with Crippen LogP contribution in [0.15, 0.2) is 24.7 Å². The smallest absolute Gasteiger partial charge is 0.342 e. The number of aromatic nitrogens is 3. The molecule has 2 rings (SSSR count). The lowest BCUT2D eigenvalue weighted by Crippen LogP contribution is -2.07. The van der Waals surface area contributed by atoms with Gasteiger partial charge in [0.2, 0.25) is 0 Å². The third-order valence-electron chi connectivity index (χ3n) is 2.50. The molecule has 2 aromatic rings. The van der Waals surface area contributed by atoms with Gasteiger partial charge in [0.15, 0.2) is 5.82 Å². The van der Waals surface area contributed by atoms with E-state index in [1.54, 1.807) is 25.4 Å². The summed E-state index contributed by atoms with van der Waals surface area (Å²) in [4.78, 5) is 23.9. The van der Waals surface area contributed by atoms with Crippen LogP contribution < -0.4 is 0 Å². The molecule has 0 saturated carbocycles. The minimum Gasteiger partial charge on any atom is -0.462 e. The van der Waals surface area contributed by atoms with Crippen molar-refractivity contribution in [3.8, 4) is 11.4 Å². The maximum absolute atomic E-state index is 11.6. The lowest BCUT2D eigenvalue weighted by molar-refractivity contribution is 0.0525. The molecule has 0 unspecified atom stereocenters. The van der Waals surface area contributed by atoms with Gasteiger partial charge in [-0.15, -0.1) is 0 Å². The molecule has 0 fully saturated rings. The zero-order valence-electron chi connectivity index (χ0n) is 10.6. The molecule has 0 N–H and O–H groups in total. The largest absolute Gasteiger partial charge is 0.462 e. The number of esters is 1. The Labute approximate surface area is 115 Å². The second-order valence-corrected chi connectivity index (χ2v) is 4.17. The number of halogens is 1. The molecular weight excluding hydrogens is 266 g/mol. The maximum Gasteiger partial charge on any atom is 0.342 e. The van der Waals surface area contributed by atoms with Crippen molar-refractivity contribution >= 4 is 17.6 Å². The molecule has 0 radical (unpaired) electrons. The van der Waals surface area contributed by atoms with Crippen molar-refractivity contribution in [3.63, 3.8) is 0 Å². The summed E-state index contributed by atoms with van der Waals surface area (Å²) in [6.07, 6.45) is 4.74. The first-order valence-corrected chi connectivity index (χ1v) is 6.12. The van der Waals surface area contributed by atoms with Gasteiger partial charge in [-0.2, -0.15) is 0 Å². The SMILES string of the molecule is CCOC(=O)c1cnc(-c2ccncc2C)nc1Cl. The number of nitrogens with zero attached hydrogens (tertiary/aromatic N) is 3. The van der Waals surface area contributed by atoms with Crippen LogP contribution in [0.1, 0.15) is 22.8 Å². The Bertz CT molecular complexity index is 617. The van der Waals surface area contributed by atoms with E-state index in [0.717, 1.165) is 11.1 Å². The van der Waals surface area contributed by atoms with Crippen molar-refractivity contribution < 1.29 is 9.53 Å². The van der Waals surface area contributed by atoms with Crippen molar-refractivity contribution in [2.24, 2.45) is 0 Å². The van der Waals surface area contributed by atoms with Crippen LogP contribution in [0.3, 0.4) is 0 Å². The summed E-state index contributed by atoms with van der Waals surface area (Å²) in [6.45, 7) is 3.90. The Kier molecular flexibility index (Phi) is 4.06. The quantitative estimate of drug-likeness (QED) is 0.637. The van der Waals surface area contributed by atoms with Crippen LogP contribution in [-0.2, 0) is 4.74 Å². The molecule has 0 aromatic carbocycles. The van der Waals surface area contributed by atoms with Crippen LogP contribution in [0, 0.1) is 6.92 Å². The number of ether oxygens (including phenoxy) is 1. The van der Waals surface area contributed by atoms with E-state index in [0.29, 0.717) is 5.82 Å². The Balaban J connectivity index is 2.39. The first kappa shape index (κ1) is 13.4. The van der Waals surface area contributed by atoms with Crippen LogP contribution in [0.4, 0.5) is 0 Å². The summed E-state index contributed by atoms with van der Waals surface area (Å²) in [5, 5.41) is 0.0830. The van der Waals surface area contributed by atoms with E-state index in [2.05, 4.69) is 15.0 Å². The Morgan fingerprint density at radius 1 is 1.42 bits per heavy atom. The highest BCUT2D eigenvalue weighted by Crippen LogP contribution is 2.22. The van der Waals surface area contributed by atoms with Gasteiger partial charge in [0, 0.05) is 24.2 Å². The standard InChI is InChI=1S/C13H12ClN3O2/c1-3-19-13(18)10-7-16-12(17-11(10)14)9-4-5-15-6-8(9)2/h4-7H,3H2,1-2H3. The van der Waals surface area contributed by atoms with Gasteiger partial charge in [-0.25, -0.2) is 14.8 Å². The van der Waals surface area contributed by atoms with Gasteiger partial charge in [-0.1, -0.05) is 11.6 Å². The molecule has 0 spiro atoms. The van der Waals surface area contributed by atoms with Crippen molar-refractivity contribution in [1.29, 1.82) is 0 Å². The lowest BCUT2D eigenvalue weighted by Gasteiger charge is -2.06. The molecule has 5 nitrogen and oxygen atoms in total. The second kappa shape index (κ2) is 5.75. The Hall–Kier alpha value is -2.01. The van der Waals surface area contributed by atoms with Crippen LogP contribution in [0.25, 0.3) is 11.4 Å². The molecule has 0 aliphatic carbocycles. The zero-order valence-corrected chi connectivity index (χ0v) is 11.3. The fourth-order valence-electron chi connectivity index (χ4n) is 1.56. The average Bonchev–Trinajstić information content (AvgIpc) is 2.39. The van der Waals surface area contributed by atoms with E-state index >= 15 is 0 Å². The van der Waals surface area contributed by atoms with E-state index < -0.39 is 5.97 Å². The zero-order chi connectivity index (χ0) is 13.8. The highest BCUT2D eigenvalue weighted by atomic mass is 35.5. The number of hydrogen-bond acceptors (Lipinski definition) is 5. The molecule has 0 amide bonds. The summed E-state index contributed by atoms with van der Waals surface area (Å²) in [5.41, 5.74) is 1.92. The lowest BCUT2D eigenvalue weighted by atomic mass is 10.1. The highest BCUT2D eigenvalue weighted by molar-refractivity contribution is 6.32. The van der Waals surface area contributed by atoms with Gasteiger partial charge < -0.3 is 4.74 Å². The molecule has 0 bridgehead atoms. The van der Waals surface area contributed by atoms with Gasteiger partial charge in [0.05, 0.1) is 6.61 Å². The monoisotopic (exact) mass is 277 g/mol. The van der Waals surface area contributed by atoms with Gasteiger partial charge in [0.1, 0.15) is 10.7 Å². The number of aryl methyl sites for hydroxylation is 1. The van der Waals surface area contributed by atoms with E-state index in [9.17, 15) is 4.79 Å². The number of rotatable bonds is 3. The Morgan fingerprint density at radius 3 is 2.84 bits per heavy atom. The van der Waals surface area contributed by atoms with Crippen LogP contribution in [0.5, 0.6) is 0 Å². The minimum atomic E-state index is -0.523. The highest BCUT2D eigenvalue weighted by Gasteiger charge is 2.15. The van der Waals surface area contributed by atoms with E-state index in [4.69, 9.17) is 16.3 Å². The second-order valence-electron chi connectivity index (χ2n) is 3.81. The molecule has 19 heavy (non-hydrogen) atoms. The van der Waals surface area contributed by atoms with Gasteiger partial charge in [-0.3, -0.25) is 4.98 Å². The number of pyridine rings is 1. The van der Waals surface area contributed by atoms with Crippen molar-refractivity contribution in [1.82, 2.24) is 15.0 Å². The fraction of sp³-hybridized carbons (Fsp3) is 0.231. The predicted molar refractivity (Wildman–Crippen MR) is 71.0 cm³/mol. The molecular formula is C13H12ClN3O2. The Morgan fingerprint density at radius 2 is 2.21 bits per heavy atom. The number of carbonyl (C=O) groups is 1. The normalized spacial score (nSPS) is 10.3. The van der Waals surface area contributed by atoms with E-state index in [1.165, 1.54) is 6.20 Å². The minimum absolute atomic E-state index is 0.0830. The molecule has 0 saturated heterocycles. The summed E-state index contributed by atoms with van der Waals surface area (Å²) >= 11 is 5.99. The summed E-state index contributed by atoms with van der Waals surface area (Å²) in [7, 11) is 0. The first-order valence-electron chi connectivity index (χ1n) is 5.74. The van der Waals surface area contributed by atoms with Crippen molar-refractivity contribution in [2.75, 3.05) is 6.61 Å². The van der Waals surface area contributed by atoms with Crippen LogP contribution in [-0.4, -0.2) is 27.5 Å².